The van der Waals surface area contributed by atoms with Crippen molar-refractivity contribution in [3.8, 4) is 0 Å². The number of rotatable bonds is 9. The van der Waals surface area contributed by atoms with Crippen LogP contribution in [0.5, 0.6) is 0 Å². The second-order valence-corrected chi connectivity index (χ2v) is 8.65. The first-order valence-electron chi connectivity index (χ1n) is 11.5. The molecule has 8 heteroatoms. The molecule has 3 rings (SSSR count). The molecule has 0 aliphatic carbocycles. The van der Waals surface area contributed by atoms with Crippen LogP contribution in [-0.4, -0.2) is 42.9 Å². The molecule has 0 spiro atoms. The van der Waals surface area contributed by atoms with E-state index >= 15 is 0 Å². The number of hydrogen-bond acceptors (Lipinski definition) is 5. The minimum atomic E-state index is -0.575. The highest BCUT2D eigenvalue weighted by molar-refractivity contribution is 5.98. The number of nitrogens with zero attached hydrogens (tertiary/aromatic N) is 1. The molecule has 0 bridgehead atoms. The highest BCUT2D eigenvalue weighted by Crippen LogP contribution is 2.22. The predicted molar refractivity (Wildman–Crippen MR) is 128 cm³/mol. The van der Waals surface area contributed by atoms with E-state index in [1.54, 1.807) is 43.0 Å². The van der Waals surface area contributed by atoms with Gasteiger partial charge in [-0.2, -0.15) is 0 Å². The first-order valence-corrected chi connectivity index (χ1v) is 11.5. The molecule has 34 heavy (non-hydrogen) atoms. The molecular formula is C26H31N3O5. The summed E-state index contributed by atoms with van der Waals surface area (Å²) in [6.45, 7) is 5.92. The Bertz CT molecular complexity index is 1030. The Kier molecular flexibility index (Phi) is 8.40. The van der Waals surface area contributed by atoms with Gasteiger partial charge in [0, 0.05) is 24.2 Å². The van der Waals surface area contributed by atoms with E-state index in [0.29, 0.717) is 18.5 Å². The van der Waals surface area contributed by atoms with Gasteiger partial charge in [-0.1, -0.05) is 29.8 Å². The molecule has 8 nitrogen and oxygen atoms in total. The van der Waals surface area contributed by atoms with Gasteiger partial charge in [0.05, 0.1) is 25.1 Å². The van der Waals surface area contributed by atoms with Crippen LogP contribution in [0.1, 0.15) is 60.6 Å². The molecule has 3 amide bonds. The summed E-state index contributed by atoms with van der Waals surface area (Å²) >= 11 is 0. The Morgan fingerprint density at radius 3 is 2.29 bits per heavy atom. The Balaban J connectivity index is 1.57. The predicted octanol–water partition coefficient (Wildman–Crippen LogP) is 3.05. The van der Waals surface area contributed by atoms with Crippen molar-refractivity contribution >= 4 is 29.4 Å². The van der Waals surface area contributed by atoms with Crippen LogP contribution in [0, 0.1) is 6.92 Å². The van der Waals surface area contributed by atoms with Crippen LogP contribution in [0.25, 0.3) is 0 Å². The second-order valence-electron chi connectivity index (χ2n) is 8.65. The third-order valence-electron chi connectivity index (χ3n) is 5.48. The molecule has 0 aromatic heterocycles. The molecule has 2 N–H and O–H groups in total. The summed E-state index contributed by atoms with van der Waals surface area (Å²) in [6, 6.07) is 13.7. The van der Waals surface area contributed by atoms with E-state index in [2.05, 4.69) is 10.6 Å². The van der Waals surface area contributed by atoms with Gasteiger partial charge in [0.2, 0.25) is 11.8 Å². The average molecular weight is 466 g/mol. The largest absolute Gasteiger partial charge is 0.463 e. The Labute approximate surface area is 199 Å². The molecule has 180 valence electrons. The van der Waals surface area contributed by atoms with Crippen LogP contribution < -0.4 is 15.5 Å². The number of carbonyl (C=O) groups excluding carboxylic acids is 4. The zero-order chi connectivity index (χ0) is 24.7. The summed E-state index contributed by atoms with van der Waals surface area (Å²) in [4.78, 5) is 50.8. The van der Waals surface area contributed by atoms with Crippen molar-refractivity contribution in [1.29, 1.82) is 0 Å². The first kappa shape index (κ1) is 25.0. The van der Waals surface area contributed by atoms with Gasteiger partial charge in [0.15, 0.2) is 0 Å². The normalized spacial score (nSPS) is 14.1. The minimum absolute atomic E-state index is 0.0163. The zero-order valence-corrected chi connectivity index (χ0v) is 19.8. The maximum absolute atomic E-state index is 12.6. The molecule has 0 saturated carbocycles. The van der Waals surface area contributed by atoms with Crippen molar-refractivity contribution < 1.29 is 23.9 Å². The van der Waals surface area contributed by atoms with Crippen LogP contribution in [0.4, 0.5) is 5.69 Å². The molecule has 1 atom stereocenters. The van der Waals surface area contributed by atoms with Crippen LogP contribution in [0.15, 0.2) is 48.5 Å². The van der Waals surface area contributed by atoms with Crippen LogP contribution >= 0.6 is 0 Å². The van der Waals surface area contributed by atoms with Gasteiger partial charge >= 0.3 is 5.97 Å². The summed E-state index contributed by atoms with van der Waals surface area (Å²) < 4.78 is 5.23. The third-order valence-corrected chi connectivity index (χ3v) is 5.48. The fourth-order valence-corrected chi connectivity index (χ4v) is 3.75. The Morgan fingerprint density at radius 1 is 1.03 bits per heavy atom. The SMILES string of the molecule is Cc1ccc(C(CC(=O)OC(C)C)NC(=O)CNC(=O)c2ccc(N3CCCC3=O)cc2)cc1. The van der Waals surface area contributed by atoms with E-state index in [9.17, 15) is 19.2 Å². The molecule has 1 fully saturated rings. The minimum Gasteiger partial charge on any atom is -0.463 e. The summed E-state index contributed by atoms with van der Waals surface area (Å²) in [5.74, 6) is -1.16. The fourth-order valence-electron chi connectivity index (χ4n) is 3.75. The number of esters is 1. The van der Waals surface area contributed by atoms with Gasteiger partial charge < -0.3 is 20.3 Å². The van der Waals surface area contributed by atoms with E-state index in [-0.39, 0.29) is 25.0 Å². The van der Waals surface area contributed by atoms with Crippen LogP contribution in [-0.2, 0) is 19.1 Å². The Hall–Kier alpha value is -3.68. The van der Waals surface area contributed by atoms with Gasteiger partial charge in [-0.3, -0.25) is 19.2 Å². The third kappa shape index (κ3) is 6.91. The quantitative estimate of drug-likeness (QED) is 0.554. The molecule has 1 heterocycles. The van der Waals surface area contributed by atoms with Crippen molar-refractivity contribution in [3.05, 3.63) is 65.2 Å². The first-order chi connectivity index (χ1) is 16.2. The molecule has 0 radical (unpaired) electrons. The van der Waals surface area contributed by atoms with E-state index in [4.69, 9.17) is 4.74 Å². The lowest BCUT2D eigenvalue weighted by molar-refractivity contribution is -0.148. The summed E-state index contributed by atoms with van der Waals surface area (Å²) in [5, 5.41) is 5.42. The van der Waals surface area contributed by atoms with Gasteiger partial charge in [-0.05, 0) is 57.0 Å². The van der Waals surface area contributed by atoms with Gasteiger partial charge in [0.25, 0.3) is 5.91 Å². The lowest BCUT2D eigenvalue weighted by Crippen LogP contribution is -2.39. The Morgan fingerprint density at radius 2 is 1.71 bits per heavy atom. The molecule has 2 aromatic carbocycles. The van der Waals surface area contributed by atoms with E-state index in [0.717, 1.165) is 23.2 Å². The summed E-state index contributed by atoms with van der Waals surface area (Å²) in [5.41, 5.74) is 2.98. The number of carbonyl (C=O) groups is 4. The lowest BCUT2D eigenvalue weighted by atomic mass is 10.0. The van der Waals surface area contributed by atoms with Crippen LogP contribution in [0.2, 0.25) is 0 Å². The monoisotopic (exact) mass is 465 g/mol. The van der Waals surface area contributed by atoms with Crippen molar-refractivity contribution in [3.63, 3.8) is 0 Å². The maximum atomic E-state index is 12.6. The van der Waals surface area contributed by atoms with Crippen molar-refractivity contribution in [2.24, 2.45) is 0 Å². The molecular weight excluding hydrogens is 434 g/mol. The topological polar surface area (TPSA) is 105 Å². The number of aryl methyl sites for hydroxylation is 1. The highest BCUT2D eigenvalue weighted by atomic mass is 16.5. The van der Waals surface area contributed by atoms with Gasteiger partial charge in [-0.25, -0.2) is 0 Å². The lowest BCUT2D eigenvalue weighted by Gasteiger charge is -2.20. The van der Waals surface area contributed by atoms with Gasteiger partial charge in [-0.15, -0.1) is 0 Å². The molecule has 1 saturated heterocycles. The summed E-state index contributed by atoms with van der Waals surface area (Å²) in [7, 11) is 0. The molecule has 2 aromatic rings. The van der Waals surface area contributed by atoms with Crippen molar-refractivity contribution in [1.82, 2.24) is 10.6 Å². The molecule has 1 aliphatic heterocycles. The van der Waals surface area contributed by atoms with Crippen molar-refractivity contribution in [2.75, 3.05) is 18.0 Å². The number of amides is 3. The molecule has 1 unspecified atom stereocenters. The summed E-state index contributed by atoms with van der Waals surface area (Å²) in [6.07, 6.45) is 1.10. The maximum Gasteiger partial charge on any atom is 0.308 e. The number of hydrogen-bond donors (Lipinski definition) is 2. The smallest absolute Gasteiger partial charge is 0.308 e. The highest BCUT2D eigenvalue weighted by Gasteiger charge is 2.22. The molecule has 1 aliphatic rings. The zero-order valence-electron chi connectivity index (χ0n) is 19.8. The van der Waals surface area contributed by atoms with E-state index < -0.39 is 23.8 Å². The van der Waals surface area contributed by atoms with Crippen LogP contribution in [0.3, 0.4) is 0 Å². The van der Waals surface area contributed by atoms with Crippen molar-refractivity contribution in [2.45, 2.75) is 52.2 Å². The fraction of sp³-hybridized carbons (Fsp3) is 0.385. The number of benzene rings is 2. The number of ether oxygens (including phenoxy) is 1. The number of anilines is 1. The average Bonchev–Trinajstić information content (AvgIpc) is 3.23. The number of nitrogens with one attached hydrogen (secondary N) is 2. The van der Waals surface area contributed by atoms with E-state index in [1.165, 1.54) is 0 Å². The second kappa shape index (κ2) is 11.4. The standard InChI is InChI=1S/C26H31N3O5/c1-17(2)34-25(32)15-22(19-8-6-18(3)7-9-19)28-23(30)16-27-26(33)20-10-12-21(13-11-20)29-14-4-5-24(29)31/h6-13,17,22H,4-5,14-16H2,1-3H3,(H,27,33)(H,28,30). The van der Waals surface area contributed by atoms with Gasteiger partial charge in [0.1, 0.15) is 0 Å². The van der Waals surface area contributed by atoms with E-state index in [1.807, 2.05) is 31.2 Å².